The molecular weight excluding hydrogens is 510 g/mol. The second kappa shape index (κ2) is 9.91. The van der Waals surface area contributed by atoms with Crippen molar-refractivity contribution in [2.24, 2.45) is 5.10 Å². The molecule has 142 valence electrons. The zero-order chi connectivity index (χ0) is 19.9. The van der Waals surface area contributed by atoms with E-state index in [0.717, 1.165) is 14.7 Å². The Kier molecular flexibility index (Phi) is 7.30. The first-order valence-electron chi connectivity index (χ1n) is 8.28. The van der Waals surface area contributed by atoms with Crippen LogP contribution >= 0.6 is 45.8 Å². The third-order valence-electron chi connectivity index (χ3n) is 3.80. The molecule has 28 heavy (non-hydrogen) atoms. The van der Waals surface area contributed by atoms with Gasteiger partial charge in [-0.1, -0.05) is 59.6 Å². The van der Waals surface area contributed by atoms with Crippen LogP contribution in [0.3, 0.4) is 0 Å². The summed E-state index contributed by atoms with van der Waals surface area (Å²) in [7, 11) is 0. The molecule has 3 aromatic carbocycles. The Balaban J connectivity index is 1.69. The third-order valence-corrected chi connectivity index (χ3v) is 5.37. The number of carbonyl (C=O) groups excluding carboxylic acids is 1. The highest BCUT2D eigenvalue weighted by molar-refractivity contribution is 14.1. The molecule has 0 radical (unpaired) electrons. The van der Waals surface area contributed by atoms with Crippen LogP contribution in [0.15, 0.2) is 71.8 Å². The molecule has 0 saturated heterocycles. The SMILES string of the molecule is O=C(N/N=C/c1ccccc1I)c1ccccc1OCc1ccc(Cl)cc1Cl. The molecule has 0 fully saturated rings. The number of para-hydroxylation sites is 1. The van der Waals surface area contributed by atoms with Crippen molar-refractivity contribution in [3.8, 4) is 5.75 Å². The zero-order valence-corrected chi connectivity index (χ0v) is 18.2. The molecule has 7 heteroatoms. The molecule has 0 aliphatic carbocycles. The van der Waals surface area contributed by atoms with Crippen LogP contribution in [0.2, 0.25) is 10.0 Å². The first-order chi connectivity index (χ1) is 13.5. The van der Waals surface area contributed by atoms with Gasteiger partial charge in [-0.15, -0.1) is 0 Å². The number of hydrogen-bond acceptors (Lipinski definition) is 3. The summed E-state index contributed by atoms with van der Waals surface area (Å²) in [6.07, 6.45) is 1.61. The first-order valence-corrected chi connectivity index (χ1v) is 10.1. The molecule has 0 spiro atoms. The van der Waals surface area contributed by atoms with Crippen molar-refractivity contribution in [3.05, 3.63) is 97.0 Å². The first kappa shape index (κ1) is 20.6. The van der Waals surface area contributed by atoms with Gasteiger partial charge >= 0.3 is 0 Å². The molecule has 0 aliphatic heterocycles. The minimum Gasteiger partial charge on any atom is -0.488 e. The van der Waals surface area contributed by atoms with Gasteiger partial charge in [0, 0.05) is 24.7 Å². The minimum absolute atomic E-state index is 0.214. The number of ether oxygens (including phenoxy) is 1. The van der Waals surface area contributed by atoms with Gasteiger partial charge in [-0.05, 0) is 52.9 Å². The highest BCUT2D eigenvalue weighted by Crippen LogP contribution is 2.24. The monoisotopic (exact) mass is 524 g/mol. The molecule has 0 aromatic heterocycles. The molecule has 3 aromatic rings. The van der Waals surface area contributed by atoms with E-state index < -0.39 is 0 Å². The molecule has 0 bridgehead atoms. The molecule has 3 rings (SSSR count). The van der Waals surface area contributed by atoms with E-state index in [1.165, 1.54) is 0 Å². The number of rotatable bonds is 6. The fraction of sp³-hybridized carbons (Fsp3) is 0.0476. The summed E-state index contributed by atoms with van der Waals surface area (Å²) in [6.45, 7) is 0.214. The van der Waals surface area contributed by atoms with E-state index in [-0.39, 0.29) is 12.5 Å². The van der Waals surface area contributed by atoms with Gasteiger partial charge in [0.2, 0.25) is 0 Å². The van der Waals surface area contributed by atoms with Crippen molar-refractivity contribution in [3.63, 3.8) is 0 Å². The molecule has 1 amide bonds. The van der Waals surface area contributed by atoms with Crippen LogP contribution in [0, 0.1) is 3.57 Å². The average Bonchev–Trinajstić information content (AvgIpc) is 2.69. The van der Waals surface area contributed by atoms with Crippen molar-refractivity contribution in [1.29, 1.82) is 0 Å². The quantitative estimate of drug-likeness (QED) is 0.246. The summed E-state index contributed by atoms with van der Waals surface area (Å²) < 4.78 is 6.85. The fourth-order valence-electron chi connectivity index (χ4n) is 2.37. The van der Waals surface area contributed by atoms with Crippen LogP contribution in [-0.4, -0.2) is 12.1 Å². The Morgan fingerprint density at radius 2 is 1.82 bits per heavy atom. The van der Waals surface area contributed by atoms with Crippen molar-refractivity contribution in [2.75, 3.05) is 0 Å². The predicted molar refractivity (Wildman–Crippen MR) is 121 cm³/mol. The maximum absolute atomic E-state index is 12.5. The second-order valence-electron chi connectivity index (χ2n) is 5.74. The highest BCUT2D eigenvalue weighted by atomic mass is 127. The smallest absolute Gasteiger partial charge is 0.275 e. The maximum Gasteiger partial charge on any atom is 0.275 e. The topological polar surface area (TPSA) is 50.7 Å². The lowest BCUT2D eigenvalue weighted by atomic mass is 10.2. The normalized spacial score (nSPS) is 10.8. The summed E-state index contributed by atoms with van der Waals surface area (Å²) >= 11 is 14.3. The van der Waals surface area contributed by atoms with E-state index in [1.807, 2.05) is 24.3 Å². The Morgan fingerprint density at radius 1 is 1.07 bits per heavy atom. The minimum atomic E-state index is -0.361. The fourth-order valence-corrected chi connectivity index (χ4v) is 3.36. The number of benzene rings is 3. The van der Waals surface area contributed by atoms with E-state index in [1.54, 1.807) is 48.7 Å². The summed E-state index contributed by atoms with van der Waals surface area (Å²) in [5.41, 5.74) is 4.62. The molecule has 0 unspecified atom stereocenters. The van der Waals surface area contributed by atoms with Crippen molar-refractivity contribution >= 4 is 57.9 Å². The Bertz CT molecular complexity index is 1020. The zero-order valence-electron chi connectivity index (χ0n) is 14.5. The van der Waals surface area contributed by atoms with Crippen LogP contribution < -0.4 is 10.2 Å². The Hall–Kier alpha value is -2.09. The standard InChI is InChI=1S/C21H15Cl2IN2O2/c22-16-10-9-15(18(23)11-16)13-28-20-8-4-2-6-17(20)21(27)26-25-12-14-5-1-3-7-19(14)24/h1-12H,13H2,(H,26,27)/b25-12+. The summed E-state index contributed by atoms with van der Waals surface area (Å²) in [5.74, 6) is 0.0792. The number of nitrogens with one attached hydrogen (secondary N) is 1. The molecule has 4 nitrogen and oxygen atoms in total. The molecule has 0 aliphatic rings. The number of nitrogens with zero attached hydrogens (tertiary/aromatic N) is 1. The van der Waals surface area contributed by atoms with E-state index in [2.05, 4.69) is 33.1 Å². The van der Waals surface area contributed by atoms with Crippen molar-refractivity contribution in [2.45, 2.75) is 6.61 Å². The van der Waals surface area contributed by atoms with Gasteiger partial charge in [0.05, 0.1) is 11.8 Å². The Morgan fingerprint density at radius 3 is 2.61 bits per heavy atom. The van der Waals surface area contributed by atoms with Crippen LogP contribution in [0.1, 0.15) is 21.5 Å². The molecule has 0 atom stereocenters. The molecule has 0 heterocycles. The summed E-state index contributed by atoms with van der Waals surface area (Å²) in [6, 6.07) is 19.9. The van der Waals surface area contributed by atoms with Gasteiger partial charge in [-0.2, -0.15) is 5.10 Å². The van der Waals surface area contributed by atoms with Gasteiger partial charge in [0.1, 0.15) is 12.4 Å². The molecular formula is C21H15Cl2IN2O2. The molecule has 0 saturated carbocycles. The van der Waals surface area contributed by atoms with Crippen molar-refractivity contribution < 1.29 is 9.53 Å². The number of hydrogen-bond donors (Lipinski definition) is 1. The van der Waals surface area contributed by atoms with Crippen LogP contribution in [0.25, 0.3) is 0 Å². The van der Waals surface area contributed by atoms with E-state index in [4.69, 9.17) is 27.9 Å². The van der Waals surface area contributed by atoms with Crippen LogP contribution in [0.5, 0.6) is 5.75 Å². The van der Waals surface area contributed by atoms with Gasteiger partial charge in [0.25, 0.3) is 5.91 Å². The van der Waals surface area contributed by atoms with E-state index in [9.17, 15) is 4.79 Å². The highest BCUT2D eigenvalue weighted by Gasteiger charge is 2.12. The maximum atomic E-state index is 12.5. The largest absolute Gasteiger partial charge is 0.488 e. The van der Waals surface area contributed by atoms with Crippen LogP contribution in [-0.2, 0) is 6.61 Å². The number of carbonyl (C=O) groups is 1. The lowest BCUT2D eigenvalue weighted by Crippen LogP contribution is -2.18. The summed E-state index contributed by atoms with van der Waals surface area (Å²) in [4.78, 5) is 12.5. The lowest BCUT2D eigenvalue weighted by Gasteiger charge is -2.11. The predicted octanol–water partition coefficient (Wildman–Crippen LogP) is 5.94. The van der Waals surface area contributed by atoms with Gasteiger partial charge in [-0.3, -0.25) is 4.79 Å². The van der Waals surface area contributed by atoms with E-state index >= 15 is 0 Å². The number of halogens is 3. The third kappa shape index (κ3) is 5.47. The number of amides is 1. The average molecular weight is 525 g/mol. The summed E-state index contributed by atoms with van der Waals surface area (Å²) in [5, 5.41) is 5.11. The van der Waals surface area contributed by atoms with E-state index in [0.29, 0.717) is 21.4 Å². The Labute approximate surface area is 186 Å². The lowest BCUT2D eigenvalue weighted by molar-refractivity contribution is 0.0950. The van der Waals surface area contributed by atoms with Gasteiger partial charge in [0.15, 0.2) is 0 Å². The van der Waals surface area contributed by atoms with Gasteiger partial charge < -0.3 is 4.74 Å². The molecule has 1 N–H and O–H groups in total. The van der Waals surface area contributed by atoms with Crippen molar-refractivity contribution in [1.82, 2.24) is 5.43 Å². The number of hydrazone groups is 1. The van der Waals surface area contributed by atoms with Crippen LogP contribution in [0.4, 0.5) is 0 Å². The van der Waals surface area contributed by atoms with Gasteiger partial charge in [-0.25, -0.2) is 5.43 Å². The second-order valence-corrected chi connectivity index (χ2v) is 7.75.